The zero-order valence-corrected chi connectivity index (χ0v) is 13.4. The lowest BCUT2D eigenvalue weighted by Gasteiger charge is -2.45. The van der Waals surface area contributed by atoms with Crippen molar-refractivity contribution in [2.45, 2.75) is 59.0 Å². The Morgan fingerprint density at radius 3 is 2.65 bits per heavy atom. The fourth-order valence-corrected chi connectivity index (χ4v) is 3.54. The van der Waals surface area contributed by atoms with Gasteiger partial charge >= 0.3 is 0 Å². The molecule has 1 aromatic rings. The van der Waals surface area contributed by atoms with Crippen LogP contribution in [0.15, 0.2) is 18.2 Å². The third-order valence-corrected chi connectivity index (χ3v) is 5.03. The third kappa shape index (κ3) is 2.58. The second-order valence-corrected chi connectivity index (χ2v) is 7.63. The fourth-order valence-electron chi connectivity index (χ4n) is 3.54. The molecule has 1 saturated heterocycles. The molecule has 2 atom stereocenters. The molecule has 2 heteroatoms. The SMILES string of the molecule is CC1CNC(C(C)(C)C)CN1c1ccc2c(c1)CCC2. The van der Waals surface area contributed by atoms with Crippen molar-refractivity contribution in [2.24, 2.45) is 5.41 Å². The smallest absolute Gasteiger partial charge is 0.0387 e. The predicted molar refractivity (Wildman–Crippen MR) is 86.5 cm³/mol. The summed E-state index contributed by atoms with van der Waals surface area (Å²) in [4.78, 5) is 2.60. The zero-order chi connectivity index (χ0) is 14.3. The van der Waals surface area contributed by atoms with Crippen molar-refractivity contribution >= 4 is 5.69 Å². The standard InChI is InChI=1S/C18H28N2/c1-13-11-19-17(18(2,3)4)12-20(13)16-9-8-14-6-5-7-15(14)10-16/h8-10,13,17,19H,5-7,11-12H2,1-4H3. The first kappa shape index (κ1) is 13.9. The monoisotopic (exact) mass is 272 g/mol. The van der Waals surface area contributed by atoms with Gasteiger partial charge < -0.3 is 10.2 Å². The van der Waals surface area contributed by atoms with Crippen molar-refractivity contribution in [3.63, 3.8) is 0 Å². The van der Waals surface area contributed by atoms with Crippen molar-refractivity contribution in [1.29, 1.82) is 0 Å². The Balaban J connectivity index is 1.84. The summed E-state index contributed by atoms with van der Waals surface area (Å²) in [6.07, 6.45) is 3.88. The van der Waals surface area contributed by atoms with Crippen LogP contribution in [0, 0.1) is 5.41 Å². The van der Waals surface area contributed by atoms with E-state index in [1.54, 1.807) is 11.1 Å². The van der Waals surface area contributed by atoms with Crippen molar-refractivity contribution in [1.82, 2.24) is 5.32 Å². The van der Waals surface area contributed by atoms with Gasteiger partial charge in [0.15, 0.2) is 0 Å². The van der Waals surface area contributed by atoms with E-state index in [0.717, 1.165) is 13.1 Å². The van der Waals surface area contributed by atoms with Gasteiger partial charge in [-0.05, 0) is 54.9 Å². The van der Waals surface area contributed by atoms with Gasteiger partial charge in [0.25, 0.3) is 0 Å². The number of fused-ring (bicyclic) bond motifs is 1. The average molecular weight is 272 g/mol. The number of nitrogens with one attached hydrogen (secondary N) is 1. The Kier molecular flexibility index (Phi) is 3.53. The summed E-state index contributed by atoms with van der Waals surface area (Å²) in [7, 11) is 0. The second-order valence-electron chi connectivity index (χ2n) is 7.63. The van der Waals surface area contributed by atoms with E-state index in [2.05, 4.69) is 56.1 Å². The largest absolute Gasteiger partial charge is 0.366 e. The molecule has 0 aromatic heterocycles. The highest BCUT2D eigenvalue weighted by atomic mass is 15.2. The van der Waals surface area contributed by atoms with Crippen molar-refractivity contribution in [2.75, 3.05) is 18.0 Å². The number of hydrogen-bond donors (Lipinski definition) is 1. The van der Waals surface area contributed by atoms with Crippen LogP contribution in [0.2, 0.25) is 0 Å². The van der Waals surface area contributed by atoms with Crippen LogP contribution in [0.3, 0.4) is 0 Å². The summed E-state index contributed by atoms with van der Waals surface area (Å²) in [5, 5.41) is 3.72. The molecule has 1 fully saturated rings. The normalized spacial score (nSPS) is 26.7. The molecule has 0 amide bonds. The molecule has 3 rings (SSSR count). The van der Waals surface area contributed by atoms with Crippen molar-refractivity contribution in [3.8, 4) is 0 Å². The summed E-state index contributed by atoms with van der Waals surface area (Å²) < 4.78 is 0. The predicted octanol–water partition coefficient (Wildman–Crippen LogP) is 3.39. The van der Waals surface area contributed by atoms with Crippen LogP contribution in [0.4, 0.5) is 5.69 Å². The van der Waals surface area contributed by atoms with Gasteiger partial charge in [-0.1, -0.05) is 26.8 Å². The molecule has 0 radical (unpaired) electrons. The van der Waals surface area contributed by atoms with Crippen LogP contribution < -0.4 is 10.2 Å². The molecule has 1 aliphatic carbocycles. The third-order valence-electron chi connectivity index (χ3n) is 5.03. The number of anilines is 1. The van der Waals surface area contributed by atoms with E-state index in [-0.39, 0.29) is 0 Å². The molecule has 0 saturated carbocycles. The van der Waals surface area contributed by atoms with Gasteiger partial charge in [0.1, 0.15) is 0 Å². The minimum absolute atomic E-state index is 0.315. The summed E-state index contributed by atoms with van der Waals surface area (Å²) in [5.74, 6) is 0. The molecule has 2 nitrogen and oxygen atoms in total. The number of aryl methyl sites for hydroxylation is 2. The van der Waals surface area contributed by atoms with Crippen LogP contribution in [-0.2, 0) is 12.8 Å². The molecule has 0 spiro atoms. The van der Waals surface area contributed by atoms with E-state index in [1.165, 1.54) is 24.9 Å². The quantitative estimate of drug-likeness (QED) is 0.843. The Morgan fingerprint density at radius 2 is 1.90 bits per heavy atom. The van der Waals surface area contributed by atoms with Crippen LogP contribution in [-0.4, -0.2) is 25.2 Å². The number of piperazine rings is 1. The first-order chi connectivity index (χ1) is 9.45. The van der Waals surface area contributed by atoms with E-state index in [0.29, 0.717) is 17.5 Å². The van der Waals surface area contributed by atoms with Crippen molar-refractivity contribution < 1.29 is 0 Å². The molecule has 2 aliphatic rings. The number of hydrogen-bond acceptors (Lipinski definition) is 2. The molecular weight excluding hydrogens is 244 g/mol. The van der Waals surface area contributed by atoms with Gasteiger partial charge in [0.2, 0.25) is 0 Å². The fraction of sp³-hybridized carbons (Fsp3) is 0.667. The van der Waals surface area contributed by atoms with Gasteiger partial charge in [-0.15, -0.1) is 0 Å². The molecule has 2 unspecified atom stereocenters. The topological polar surface area (TPSA) is 15.3 Å². The van der Waals surface area contributed by atoms with E-state index >= 15 is 0 Å². The van der Waals surface area contributed by atoms with E-state index in [1.807, 2.05) is 0 Å². The maximum atomic E-state index is 3.72. The van der Waals surface area contributed by atoms with Crippen molar-refractivity contribution in [3.05, 3.63) is 29.3 Å². The van der Waals surface area contributed by atoms with Gasteiger partial charge in [-0.2, -0.15) is 0 Å². The molecule has 110 valence electrons. The molecule has 20 heavy (non-hydrogen) atoms. The lowest BCUT2D eigenvalue weighted by molar-refractivity contribution is 0.239. The molecule has 1 aromatic carbocycles. The van der Waals surface area contributed by atoms with E-state index < -0.39 is 0 Å². The average Bonchev–Trinajstić information content (AvgIpc) is 2.85. The number of rotatable bonds is 1. The maximum absolute atomic E-state index is 3.72. The summed E-state index contributed by atoms with van der Waals surface area (Å²) >= 11 is 0. The summed E-state index contributed by atoms with van der Waals surface area (Å²) in [6, 6.07) is 8.29. The number of nitrogens with zero attached hydrogens (tertiary/aromatic N) is 1. The van der Waals surface area contributed by atoms with E-state index in [9.17, 15) is 0 Å². The minimum atomic E-state index is 0.315. The number of benzene rings is 1. The minimum Gasteiger partial charge on any atom is -0.366 e. The summed E-state index contributed by atoms with van der Waals surface area (Å²) in [5.41, 5.74) is 4.90. The van der Waals surface area contributed by atoms with Crippen LogP contribution in [0.1, 0.15) is 45.2 Å². The first-order valence-corrected chi connectivity index (χ1v) is 8.07. The highest BCUT2D eigenvalue weighted by Gasteiger charge is 2.32. The Labute approximate surface area is 123 Å². The molecule has 1 N–H and O–H groups in total. The van der Waals surface area contributed by atoms with Crippen LogP contribution in [0.25, 0.3) is 0 Å². The highest BCUT2D eigenvalue weighted by molar-refractivity contribution is 5.53. The van der Waals surface area contributed by atoms with Gasteiger partial charge in [-0.25, -0.2) is 0 Å². The van der Waals surface area contributed by atoms with Gasteiger partial charge in [-0.3, -0.25) is 0 Å². The van der Waals surface area contributed by atoms with Gasteiger partial charge in [0.05, 0.1) is 0 Å². The lowest BCUT2D eigenvalue weighted by atomic mass is 9.84. The lowest BCUT2D eigenvalue weighted by Crippen LogP contribution is -2.59. The Bertz CT molecular complexity index is 487. The molecular formula is C18H28N2. The Hall–Kier alpha value is -1.02. The van der Waals surface area contributed by atoms with E-state index in [4.69, 9.17) is 0 Å². The molecule has 0 bridgehead atoms. The summed E-state index contributed by atoms with van der Waals surface area (Å²) in [6.45, 7) is 11.5. The molecule has 1 aliphatic heterocycles. The zero-order valence-electron chi connectivity index (χ0n) is 13.4. The van der Waals surface area contributed by atoms with Crippen LogP contribution >= 0.6 is 0 Å². The van der Waals surface area contributed by atoms with Gasteiger partial charge in [0, 0.05) is 30.9 Å². The molecule has 1 heterocycles. The highest BCUT2D eigenvalue weighted by Crippen LogP contribution is 2.31. The van der Waals surface area contributed by atoms with Crippen LogP contribution in [0.5, 0.6) is 0 Å². The maximum Gasteiger partial charge on any atom is 0.0387 e. The first-order valence-electron chi connectivity index (χ1n) is 8.07. The second kappa shape index (κ2) is 5.07. The Morgan fingerprint density at radius 1 is 1.15 bits per heavy atom.